The molecule has 0 aliphatic heterocycles. The highest BCUT2D eigenvalue weighted by Crippen LogP contribution is 2.14. The quantitative estimate of drug-likeness (QED) is 0.548. The van der Waals surface area contributed by atoms with Gasteiger partial charge in [0.15, 0.2) is 4.77 Å². The lowest BCUT2D eigenvalue weighted by Gasteiger charge is -2.11. The second-order valence-corrected chi connectivity index (χ2v) is 6.13. The molecule has 1 atom stereocenters. The number of esters is 1. The van der Waals surface area contributed by atoms with Gasteiger partial charge in [0.25, 0.3) is 5.56 Å². The molecule has 1 aromatic carbocycles. The van der Waals surface area contributed by atoms with Crippen molar-refractivity contribution in [2.45, 2.75) is 26.0 Å². The molecular weight excluding hydrogens is 354 g/mol. The standard InChI is InChI=1S/C18H15N3O4S/c1-11(6-7-19)25-17(23)12-4-5-14-15(9-12)20-18(26)21(16(14)22)10-13-3-2-8-24-13/h2-5,8-9,11H,6,10H2,1H3,(H,20,26). The van der Waals surface area contributed by atoms with Crippen molar-refractivity contribution in [2.75, 3.05) is 0 Å². The van der Waals surface area contributed by atoms with Crippen molar-refractivity contribution in [2.24, 2.45) is 0 Å². The fourth-order valence-electron chi connectivity index (χ4n) is 2.50. The van der Waals surface area contributed by atoms with E-state index in [9.17, 15) is 9.59 Å². The largest absolute Gasteiger partial charge is 0.467 e. The first-order valence-corrected chi connectivity index (χ1v) is 8.27. The summed E-state index contributed by atoms with van der Waals surface area (Å²) in [5.41, 5.74) is 0.437. The number of nitrogens with one attached hydrogen (secondary N) is 1. The summed E-state index contributed by atoms with van der Waals surface area (Å²) in [7, 11) is 0. The van der Waals surface area contributed by atoms with E-state index in [0.29, 0.717) is 16.7 Å². The maximum atomic E-state index is 12.7. The Kier molecular flexibility index (Phi) is 5.00. The molecule has 7 nitrogen and oxygen atoms in total. The van der Waals surface area contributed by atoms with Crippen LogP contribution in [-0.2, 0) is 11.3 Å². The number of ether oxygens (including phenoxy) is 1. The van der Waals surface area contributed by atoms with E-state index in [0.717, 1.165) is 0 Å². The normalized spacial score (nSPS) is 11.8. The van der Waals surface area contributed by atoms with Gasteiger partial charge in [0.05, 0.1) is 41.8 Å². The van der Waals surface area contributed by atoms with Gasteiger partial charge in [0.1, 0.15) is 11.9 Å². The molecule has 2 heterocycles. The van der Waals surface area contributed by atoms with Crippen LogP contribution in [0.2, 0.25) is 0 Å². The lowest BCUT2D eigenvalue weighted by molar-refractivity contribution is 0.0351. The highest BCUT2D eigenvalue weighted by Gasteiger charge is 2.14. The zero-order valence-electron chi connectivity index (χ0n) is 13.9. The molecule has 0 saturated carbocycles. The van der Waals surface area contributed by atoms with E-state index in [2.05, 4.69) is 4.98 Å². The van der Waals surface area contributed by atoms with Crippen LogP contribution < -0.4 is 5.56 Å². The van der Waals surface area contributed by atoms with E-state index in [-0.39, 0.29) is 28.9 Å². The van der Waals surface area contributed by atoms with Gasteiger partial charge in [0, 0.05) is 0 Å². The summed E-state index contributed by atoms with van der Waals surface area (Å²) in [4.78, 5) is 27.8. The van der Waals surface area contributed by atoms with Gasteiger partial charge in [0.2, 0.25) is 0 Å². The third-order valence-electron chi connectivity index (χ3n) is 3.80. The average Bonchev–Trinajstić information content (AvgIpc) is 3.11. The van der Waals surface area contributed by atoms with Crippen molar-refractivity contribution in [1.82, 2.24) is 9.55 Å². The van der Waals surface area contributed by atoms with E-state index in [1.165, 1.54) is 23.0 Å². The molecule has 3 rings (SSSR count). The summed E-state index contributed by atoms with van der Waals surface area (Å²) in [5, 5.41) is 9.03. The second kappa shape index (κ2) is 7.37. The molecule has 0 aliphatic rings. The Bertz CT molecular complexity index is 1110. The van der Waals surface area contributed by atoms with Crippen molar-refractivity contribution in [3.8, 4) is 6.07 Å². The zero-order chi connectivity index (χ0) is 18.7. The number of aromatic nitrogens is 2. The maximum absolute atomic E-state index is 12.7. The Labute approximate surface area is 153 Å². The number of carbonyl (C=O) groups is 1. The van der Waals surface area contributed by atoms with E-state index >= 15 is 0 Å². The van der Waals surface area contributed by atoms with Crippen molar-refractivity contribution in [3.05, 3.63) is 63.0 Å². The van der Waals surface area contributed by atoms with Gasteiger partial charge in [-0.3, -0.25) is 9.36 Å². The number of nitrogens with zero attached hydrogens (tertiary/aromatic N) is 2. The number of nitriles is 1. The Balaban J connectivity index is 1.96. The van der Waals surface area contributed by atoms with Crippen molar-refractivity contribution >= 4 is 29.1 Å². The number of rotatable bonds is 5. The van der Waals surface area contributed by atoms with Crippen LogP contribution >= 0.6 is 12.2 Å². The van der Waals surface area contributed by atoms with Gasteiger partial charge < -0.3 is 14.1 Å². The Hall–Kier alpha value is -3.18. The molecule has 1 N–H and O–H groups in total. The third kappa shape index (κ3) is 3.58. The molecule has 2 aromatic heterocycles. The molecule has 0 saturated heterocycles. The molecular formula is C18H15N3O4S. The van der Waals surface area contributed by atoms with Gasteiger partial charge in [-0.25, -0.2) is 4.79 Å². The Morgan fingerprint density at radius 3 is 2.96 bits per heavy atom. The number of furan rings is 1. The van der Waals surface area contributed by atoms with Crippen molar-refractivity contribution in [3.63, 3.8) is 0 Å². The van der Waals surface area contributed by atoms with Crippen LogP contribution in [0.25, 0.3) is 10.9 Å². The molecule has 0 bridgehead atoms. The molecule has 0 amide bonds. The number of H-pyrrole nitrogens is 1. The second-order valence-electron chi connectivity index (χ2n) is 5.74. The number of fused-ring (bicyclic) bond motifs is 1. The third-order valence-corrected chi connectivity index (χ3v) is 4.12. The first kappa shape index (κ1) is 17.6. The number of hydrogen-bond donors (Lipinski definition) is 1. The molecule has 0 spiro atoms. The maximum Gasteiger partial charge on any atom is 0.338 e. The van der Waals surface area contributed by atoms with Crippen LogP contribution in [0.3, 0.4) is 0 Å². The number of aromatic amines is 1. The summed E-state index contributed by atoms with van der Waals surface area (Å²) < 4.78 is 12.1. The minimum atomic E-state index is -0.561. The average molecular weight is 369 g/mol. The monoisotopic (exact) mass is 369 g/mol. The van der Waals surface area contributed by atoms with Gasteiger partial charge in [-0.15, -0.1) is 0 Å². The van der Waals surface area contributed by atoms with E-state index in [4.69, 9.17) is 26.6 Å². The number of carbonyl (C=O) groups excluding carboxylic acids is 1. The summed E-state index contributed by atoms with van der Waals surface area (Å²) in [5.74, 6) is 0.0476. The molecule has 0 radical (unpaired) electrons. The molecule has 0 aliphatic carbocycles. The van der Waals surface area contributed by atoms with Crippen LogP contribution in [0.15, 0.2) is 45.8 Å². The topological polar surface area (TPSA) is 101 Å². The first-order chi connectivity index (χ1) is 12.5. The predicted octanol–water partition coefficient (Wildman–Crippen LogP) is 3.16. The summed E-state index contributed by atoms with van der Waals surface area (Å²) in [6, 6.07) is 10.0. The van der Waals surface area contributed by atoms with E-state index in [1.54, 1.807) is 25.1 Å². The van der Waals surface area contributed by atoms with Crippen molar-refractivity contribution in [1.29, 1.82) is 5.26 Å². The summed E-state index contributed by atoms with van der Waals surface area (Å²) in [6.07, 6.45) is 1.13. The smallest absolute Gasteiger partial charge is 0.338 e. The molecule has 3 aromatic rings. The lowest BCUT2D eigenvalue weighted by atomic mass is 10.1. The minimum absolute atomic E-state index is 0.110. The lowest BCUT2D eigenvalue weighted by Crippen LogP contribution is -2.23. The van der Waals surface area contributed by atoms with E-state index in [1.807, 2.05) is 6.07 Å². The first-order valence-electron chi connectivity index (χ1n) is 7.87. The number of benzene rings is 1. The predicted molar refractivity (Wildman–Crippen MR) is 96.3 cm³/mol. The molecule has 1 unspecified atom stereocenters. The van der Waals surface area contributed by atoms with Crippen LogP contribution in [0, 0.1) is 16.1 Å². The van der Waals surface area contributed by atoms with Crippen LogP contribution in [0.5, 0.6) is 0 Å². The number of hydrogen-bond acceptors (Lipinski definition) is 6. The van der Waals surface area contributed by atoms with E-state index < -0.39 is 12.1 Å². The van der Waals surface area contributed by atoms with Crippen LogP contribution in [-0.4, -0.2) is 21.6 Å². The van der Waals surface area contributed by atoms with Crippen LogP contribution in [0.1, 0.15) is 29.5 Å². The minimum Gasteiger partial charge on any atom is -0.467 e. The Morgan fingerprint density at radius 2 is 2.27 bits per heavy atom. The van der Waals surface area contributed by atoms with Crippen molar-refractivity contribution < 1.29 is 13.9 Å². The van der Waals surface area contributed by atoms with Gasteiger partial charge in [-0.05, 0) is 49.5 Å². The molecule has 26 heavy (non-hydrogen) atoms. The highest BCUT2D eigenvalue weighted by atomic mass is 32.1. The van der Waals surface area contributed by atoms with Crippen LogP contribution in [0.4, 0.5) is 0 Å². The van der Waals surface area contributed by atoms with Gasteiger partial charge in [-0.1, -0.05) is 0 Å². The fraction of sp³-hybridized carbons (Fsp3) is 0.222. The fourth-order valence-corrected chi connectivity index (χ4v) is 2.76. The SMILES string of the molecule is CC(CC#N)OC(=O)c1ccc2c(=O)n(Cc3ccco3)c(=S)[nH]c2c1. The summed E-state index contributed by atoms with van der Waals surface area (Å²) in [6.45, 7) is 1.86. The highest BCUT2D eigenvalue weighted by molar-refractivity contribution is 7.71. The molecule has 8 heteroatoms. The summed E-state index contributed by atoms with van der Waals surface area (Å²) >= 11 is 5.27. The van der Waals surface area contributed by atoms with Gasteiger partial charge in [-0.2, -0.15) is 5.26 Å². The van der Waals surface area contributed by atoms with Gasteiger partial charge >= 0.3 is 5.97 Å². The Morgan fingerprint density at radius 1 is 1.46 bits per heavy atom. The zero-order valence-corrected chi connectivity index (χ0v) is 14.7. The molecule has 0 fully saturated rings. The molecule has 132 valence electrons.